The minimum atomic E-state index is -0.353. The minimum Gasteiger partial charge on any atom is -0.342 e. The molecule has 2 N–H and O–H groups in total. The second-order valence-electron chi connectivity index (χ2n) is 5.61. The molecule has 0 aliphatic carbocycles. The van der Waals surface area contributed by atoms with Crippen molar-refractivity contribution in [1.29, 1.82) is 0 Å². The second-order valence-corrected chi connectivity index (χ2v) is 6.90. The first kappa shape index (κ1) is 18.6. The molecule has 0 saturated carbocycles. The number of nitrogens with zero attached hydrogens (tertiary/aromatic N) is 2. The molecule has 0 saturated heterocycles. The molecule has 0 unspecified atom stereocenters. The largest absolute Gasteiger partial charge is 0.342 e. The quantitative estimate of drug-likeness (QED) is 0.818. The summed E-state index contributed by atoms with van der Waals surface area (Å²) in [7, 11) is 1.51. The molecule has 8 heteroatoms. The van der Waals surface area contributed by atoms with Gasteiger partial charge in [-0.1, -0.05) is 0 Å². The lowest BCUT2D eigenvalue weighted by atomic mass is 10.3. The summed E-state index contributed by atoms with van der Waals surface area (Å²) in [5.41, 5.74) is 0.973. The maximum absolute atomic E-state index is 12.0. The average Bonchev–Trinajstić information content (AvgIpc) is 2.98. The van der Waals surface area contributed by atoms with Gasteiger partial charge >= 0.3 is 0 Å². The van der Waals surface area contributed by atoms with Crippen molar-refractivity contribution in [3.63, 3.8) is 0 Å². The highest BCUT2D eigenvalue weighted by Crippen LogP contribution is 2.14. The Balaban J connectivity index is 1.79. The summed E-state index contributed by atoms with van der Waals surface area (Å²) in [6, 6.07) is 7.12. The first-order valence-corrected chi connectivity index (χ1v) is 8.48. The molecule has 2 heterocycles. The van der Waals surface area contributed by atoms with Crippen molar-refractivity contribution in [1.82, 2.24) is 15.2 Å². The van der Waals surface area contributed by atoms with Gasteiger partial charge in [-0.3, -0.25) is 14.4 Å². The molecule has 3 amide bonds. The van der Waals surface area contributed by atoms with E-state index in [9.17, 15) is 14.4 Å². The molecule has 2 aromatic rings. The van der Waals surface area contributed by atoms with Crippen molar-refractivity contribution < 1.29 is 14.4 Å². The summed E-state index contributed by atoms with van der Waals surface area (Å²) in [5.74, 6) is -0.566. The average molecular weight is 360 g/mol. The molecular weight excluding hydrogens is 340 g/mol. The molecule has 0 atom stereocenters. The van der Waals surface area contributed by atoms with Crippen molar-refractivity contribution in [2.45, 2.75) is 13.8 Å². The fraction of sp³-hybridized carbons (Fsp3) is 0.294. The van der Waals surface area contributed by atoms with E-state index >= 15 is 0 Å². The molecule has 132 valence electrons. The van der Waals surface area contributed by atoms with Crippen molar-refractivity contribution in [3.05, 3.63) is 45.8 Å². The van der Waals surface area contributed by atoms with Crippen LogP contribution >= 0.6 is 11.3 Å². The molecule has 0 aromatic carbocycles. The topological polar surface area (TPSA) is 91.4 Å². The van der Waals surface area contributed by atoms with Gasteiger partial charge in [0.2, 0.25) is 11.8 Å². The number of carbonyl (C=O) groups excluding carboxylic acids is 3. The van der Waals surface area contributed by atoms with Crippen LogP contribution in [-0.2, 0) is 9.59 Å². The standard InChI is InChI=1S/C17H20N4O3S/c1-11-6-7-18-14(8-11)20-15(22)10-21(3)16(23)9-19-17(24)13-5-4-12(2)25-13/h4-8H,9-10H2,1-3H3,(H,19,24)(H,18,20,22). The summed E-state index contributed by atoms with van der Waals surface area (Å²) in [5, 5.41) is 5.19. The molecule has 2 aromatic heterocycles. The molecule has 0 aliphatic rings. The molecule has 7 nitrogen and oxygen atoms in total. The van der Waals surface area contributed by atoms with Gasteiger partial charge in [-0.2, -0.15) is 0 Å². The van der Waals surface area contributed by atoms with Gasteiger partial charge in [0.25, 0.3) is 5.91 Å². The third-order valence-corrected chi connectivity index (χ3v) is 4.35. The Kier molecular flexibility index (Phi) is 6.24. The lowest BCUT2D eigenvalue weighted by molar-refractivity contribution is -0.132. The SMILES string of the molecule is Cc1ccnc(NC(=O)CN(C)C(=O)CNC(=O)c2ccc(C)s2)c1. The first-order chi connectivity index (χ1) is 11.8. The van der Waals surface area contributed by atoms with E-state index < -0.39 is 0 Å². The predicted octanol–water partition coefficient (Wildman–Crippen LogP) is 1.59. The number of thiophene rings is 1. The van der Waals surface area contributed by atoms with Crippen molar-refractivity contribution in [2.24, 2.45) is 0 Å². The van der Waals surface area contributed by atoms with Gasteiger partial charge in [0.05, 0.1) is 18.0 Å². The van der Waals surface area contributed by atoms with E-state index in [4.69, 9.17) is 0 Å². The lowest BCUT2D eigenvalue weighted by Crippen LogP contribution is -2.41. The fourth-order valence-electron chi connectivity index (χ4n) is 2.03. The van der Waals surface area contributed by atoms with Crippen molar-refractivity contribution in [2.75, 3.05) is 25.5 Å². The monoisotopic (exact) mass is 360 g/mol. The van der Waals surface area contributed by atoms with E-state index in [1.807, 2.05) is 26.0 Å². The van der Waals surface area contributed by atoms with E-state index in [-0.39, 0.29) is 30.8 Å². The molecule has 25 heavy (non-hydrogen) atoms. The van der Waals surface area contributed by atoms with Crippen LogP contribution in [0.4, 0.5) is 5.82 Å². The lowest BCUT2D eigenvalue weighted by Gasteiger charge is -2.17. The number of rotatable bonds is 6. The number of amides is 3. The second kappa shape index (κ2) is 8.39. The minimum absolute atomic E-state index is 0.123. The van der Waals surface area contributed by atoms with Crippen LogP contribution in [0.25, 0.3) is 0 Å². The number of carbonyl (C=O) groups is 3. The normalized spacial score (nSPS) is 10.2. The van der Waals surface area contributed by atoms with Crippen molar-refractivity contribution in [3.8, 4) is 0 Å². The van der Waals surface area contributed by atoms with Gasteiger partial charge in [-0.05, 0) is 43.7 Å². The van der Waals surface area contributed by atoms with Gasteiger partial charge in [0, 0.05) is 18.1 Å². The molecule has 2 rings (SSSR count). The molecular formula is C17H20N4O3S. The molecule has 0 radical (unpaired) electrons. The summed E-state index contributed by atoms with van der Waals surface area (Å²) >= 11 is 1.36. The van der Waals surface area contributed by atoms with E-state index in [0.717, 1.165) is 10.4 Å². The fourth-order valence-corrected chi connectivity index (χ4v) is 2.81. The molecule has 0 spiro atoms. The maximum Gasteiger partial charge on any atom is 0.261 e. The summed E-state index contributed by atoms with van der Waals surface area (Å²) in [6.07, 6.45) is 1.60. The van der Waals surface area contributed by atoms with Crippen LogP contribution < -0.4 is 10.6 Å². The number of nitrogens with one attached hydrogen (secondary N) is 2. The van der Waals surface area contributed by atoms with E-state index in [0.29, 0.717) is 10.7 Å². The highest BCUT2D eigenvalue weighted by Gasteiger charge is 2.15. The van der Waals surface area contributed by atoms with Crippen LogP contribution in [0.1, 0.15) is 20.1 Å². The highest BCUT2D eigenvalue weighted by molar-refractivity contribution is 7.13. The third kappa shape index (κ3) is 5.68. The Morgan fingerprint density at radius 3 is 2.60 bits per heavy atom. The van der Waals surface area contributed by atoms with Crippen LogP contribution in [0, 0.1) is 13.8 Å². The Labute approximate surface area is 150 Å². The number of likely N-dealkylation sites (N-methyl/N-ethyl adjacent to an activating group) is 1. The number of aryl methyl sites for hydroxylation is 2. The molecule has 0 aliphatic heterocycles. The maximum atomic E-state index is 12.0. The van der Waals surface area contributed by atoms with Crippen LogP contribution in [0.3, 0.4) is 0 Å². The van der Waals surface area contributed by atoms with Gasteiger partial charge in [0.1, 0.15) is 5.82 Å². The van der Waals surface area contributed by atoms with Crippen LogP contribution in [0.5, 0.6) is 0 Å². The number of anilines is 1. The van der Waals surface area contributed by atoms with Gasteiger partial charge in [0.15, 0.2) is 0 Å². The first-order valence-electron chi connectivity index (χ1n) is 7.66. The number of hydrogen-bond donors (Lipinski definition) is 2. The third-order valence-electron chi connectivity index (χ3n) is 3.35. The zero-order valence-corrected chi connectivity index (χ0v) is 15.1. The van der Waals surface area contributed by atoms with Gasteiger partial charge < -0.3 is 15.5 Å². The smallest absolute Gasteiger partial charge is 0.261 e. The van der Waals surface area contributed by atoms with Crippen molar-refractivity contribution >= 4 is 34.9 Å². The van der Waals surface area contributed by atoms with E-state index in [1.54, 1.807) is 18.3 Å². The van der Waals surface area contributed by atoms with Crippen LogP contribution in [-0.4, -0.2) is 47.7 Å². The summed E-state index contributed by atoms with van der Waals surface area (Å²) in [4.78, 5) is 42.8. The van der Waals surface area contributed by atoms with E-state index in [2.05, 4.69) is 15.6 Å². The molecule has 0 bridgehead atoms. The van der Waals surface area contributed by atoms with E-state index in [1.165, 1.54) is 23.3 Å². The summed E-state index contributed by atoms with van der Waals surface area (Å²) < 4.78 is 0. The number of pyridine rings is 1. The zero-order valence-electron chi connectivity index (χ0n) is 14.3. The van der Waals surface area contributed by atoms with Gasteiger partial charge in [-0.15, -0.1) is 11.3 Å². The van der Waals surface area contributed by atoms with Crippen LogP contribution in [0.2, 0.25) is 0 Å². The Hall–Kier alpha value is -2.74. The zero-order chi connectivity index (χ0) is 18.4. The number of hydrogen-bond acceptors (Lipinski definition) is 5. The van der Waals surface area contributed by atoms with Gasteiger partial charge in [-0.25, -0.2) is 4.98 Å². The highest BCUT2D eigenvalue weighted by atomic mass is 32.1. The molecule has 0 fully saturated rings. The summed E-state index contributed by atoms with van der Waals surface area (Å²) in [6.45, 7) is 3.51. The number of aromatic nitrogens is 1. The predicted molar refractivity (Wildman–Crippen MR) is 96.6 cm³/mol. The Morgan fingerprint density at radius 2 is 1.96 bits per heavy atom. The Morgan fingerprint density at radius 1 is 1.20 bits per heavy atom. The van der Waals surface area contributed by atoms with Crippen LogP contribution in [0.15, 0.2) is 30.5 Å². The Bertz CT molecular complexity index is 788.